The average Bonchev–Trinajstić information content (AvgIpc) is 3.25. The lowest BCUT2D eigenvalue weighted by Gasteiger charge is -2.37. The second-order valence-corrected chi connectivity index (χ2v) is 10.1. The Morgan fingerprint density at radius 1 is 1.06 bits per heavy atom. The first-order valence-corrected chi connectivity index (χ1v) is 13.1. The van der Waals surface area contributed by atoms with Gasteiger partial charge in [0, 0.05) is 45.0 Å². The van der Waals surface area contributed by atoms with E-state index in [0.29, 0.717) is 24.6 Å². The first-order valence-electron chi connectivity index (χ1n) is 12.3. The number of carbonyl (C=O) groups excluding carboxylic acids is 2. The van der Waals surface area contributed by atoms with Crippen molar-refractivity contribution < 1.29 is 14.3 Å². The van der Waals surface area contributed by atoms with Gasteiger partial charge in [-0.1, -0.05) is 18.2 Å². The maximum absolute atomic E-state index is 13.5. The van der Waals surface area contributed by atoms with Crippen molar-refractivity contribution >= 4 is 44.9 Å². The van der Waals surface area contributed by atoms with Crippen molar-refractivity contribution in [2.45, 2.75) is 26.7 Å². The fourth-order valence-corrected chi connectivity index (χ4v) is 6.18. The Bertz CT molecular complexity index is 1210. The number of ether oxygens (including phenoxy) is 1. The molecule has 2 aromatic heterocycles. The van der Waals surface area contributed by atoms with Crippen LogP contribution in [0, 0.1) is 12.8 Å². The number of piperazine rings is 1. The third kappa shape index (κ3) is 4.69. The van der Waals surface area contributed by atoms with Gasteiger partial charge in [0.15, 0.2) is 0 Å². The van der Waals surface area contributed by atoms with Crippen LogP contribution in [0.3, 0.4) is 0 Å². The van der Waals surface area contributed by atoms with Gasteiger partial charge >= 0.3 is 5.97 Å². The number of aryl methyl sites for hydroxylation is 1. The van der Waals surface area contributed by atoms with Gasteiger partial charge in [-0.2, -0.15) is 0 Å². The summed E-state index contributed by atoms with van der Waals surface area (Å²) in [6, 6.07) is 10.5. The minimum absolute atomic E-state index is 0.0284. The fraction of sp³-hybridized carbons (Fsp3) is 0.462. The predicted molar refractivity (Wildman–Crippen MR) is 138 cm³/mol. The van der Waals surface area contributed by atoms with Crippen molar-refractivity contribution in [3.8, 4) is 0 Å². The zero-order chi connectivity index (χ0) is 24.4. The molecule has 35 heavy (non-hydrogen) atoms. The number of nitrogens with zero attached hydrogens (tertiary/aromatic N) is 5. The molecule has 2 aliphatic heterocycles. The van der Waals surface area contributed by atoms with Crippen LogP contribution in [0.25, 0.3) is 10.2 Å². The molecule has 1 aromatic carbocycles. The molecule has 9 heteroatoms. The Morgan fingerprint density at radius 3 is 2.54 bits per heavy atom. The van der Waals surface area contributed by atoms with E-state index in [1.807, 2.05) is 19.9 Å². The molecule has 2 saturated heterocycles. The van der Waals surface area contributed by atoms with Gasteiger partial charge in [0.1, 0.15) is 17.0 Å². The SMILES string of the molecule is CCOC(=O)[C@H]1CCCN(C(=O)c2sc3ncnc(N4CCN(c5ccccc5)CC4)c3c2C)C1. The number of para-hydroxylation sites is 1. The number of carbonyl (C=O) groups is 2. The maximum atomic E-state index is 13.5. The van der Waals surface area contributed by atoms with E-state index in [2.05, 4.69) is 44.0 Å². The largest absolute Gasteiger partial charge is 0.466 e. The highest BCUT2D eigenvalue weighted by atomic mass is 32.1. The van der Waals surface area contributed by atoms with Gasteiger partial charge in [-0.3, -0.25) is 9.59 Å². The topological polar surface area (TPSA) is 78.9 Å². The molecular weight excluding hydrogens is 462 g/mol. The Hall–Kier alpha value is -3.20. The van der Waals surface area contributed by atoms with Gasteiger partial charge in [0.2, 0.25) is 0 Å². The number of anilines is 2. The standard InChI is InChI=1S/C26H31N5O3S/c1-3-34-26(33)19-8-7-11-31(16-19)25(32)22-18(2)21-23(27-17-28-24(21)35-22)30-14-12-29(13-15-30)20-9-5-4-6-10-20/h4-6,9-10,17,19H,3,7-8,11-16H2,1-2H3/t19-/m0/s1. The summed E-state index contributed by atoms with van der Waals surface area (Å²) in [6.07, 6.45) is 3.16. The first-order chi connectivity index (χ1) is 17.1. The molecule has 1 atom stereocenters. The van der Waals surface area contributed by atoms with Crippen LogP contribution in [0.4, 0.5) is 11.5 Å². The van der Waals surface area contributed by atoms with E-state index in [1.165, 1.54) is 17.0 Å². The van der Waals surface area contributed by atoms with Gasteiger partial charge in [0.05, 0.1) is 22.8 Å². The van der Waals surface area contributed by atoms with Crippen molar-refractivity contribution in [1.29, 1.82) is 0 Å². The molecule has 184 valence electrons. The molecule has 1 amide bonds. The minimum Gasteiger partial charge on any atom is -0.466 e. The number of rotatable bonds is 5. The van der Waals surface area contributed by atoms with Crippen LogP contribution < -0.4 is 9.80 Å². The van der Waals surface area contributed by atoms with Crippen LogP contribution in [-0.4, -0.2) is 72.6 Å². The molecule has 2 fully saturated rings. The van der Waals surface area contributed by atoms with Gasteiger partial charge in [0.25, 0.3) is 5.91 Å². The van der Waals surface area contributed by atoms with Crippen LogP contribution >= 0.6 is 11.3 Å². The lowest BCUT2D eigenvalue weighted by Crippen LogP contribution is -2.46. The van der Waals surface area contributed by atoms with E-state index >= 15 is 0 Å². The second-order valence-electron chi connectivity index (χ2n) is 9.09. The number of hydrogen-bond acceptors (Lipinski definition) is 8. The average molecular weight is 494 g/mol. The van der Waals surface area contributed by atoms with Gasteiger partial charge < -0.3 is 19.4 Å². The van der Waals surface area contributed by atoms with Gasteiger partial charge in [-0.15, -0.1) is 11.3 Å². The van der Waals surface area contributed by atoms with Crippen LogP contribution in [-0.2, 0) is 9.53 Å². The number of likely N-dealkylation sites (tertiary alicyclic amines) is 1. The molecule has 0 spiro atoms. The Kier molecular flexibility index (Phi) is 6.86. The molecule has 0 saturated carbocycles. The summed E-state index contributed by atoms with van der Waals surface area (Å²) in [5.74, 6) is 0.414. The second kappa shape index (κ2) is 10.2. The monoisotopic (exact) mass is 493 g/mol. The van der Waals surface area contributed by atoms with Gasteiger partial charge in [-0.05, 0) is 44.4 Å². The molecule has 0 radical (unpaired) electrons. The summed E-state index contributed by atoms with van der Waals surface area (Å²) in [5.41, 5.74) is 2.16. The van der Waals surface area contributed by atoms with Crippen molar-refractivity contribution in [3.05, 3.63) is 47.1 Å². The zero-order valence-corrected chi connectivity index (χ0v) is 21.1. The van der Waals surface area contributed by atoms with E-state index in [-0.39, 0.29) is 17.8 Å². The van der Waals surface area contributed by atoms with E-state index in [9.17, 15) is 9.59 Å². The summed E-state index contributed by atoms with van der Waals surface area (Å²) in [6.45, 7) is 8.75. The summed E-state index contributed by atoms with van der Waals surface area (Å²) in [5, 5.41) is 0.966. The Balaban J connectivity index is 1.35. The third-order valence-electron chi connectivity index (χ3n) is 6.93. The quantitative estimate of drug-likeness (QED) is 0.501. The van der Waals surface area contributed by atoms with Crippen LogP contribution in [0.1, 0.15) is 35.0 Å². The summed E-state index contributed by atoms with van der Waals surface area (Å²) < 4.78 is 5.20. The molecular formula is C26H31N5O3S. The lowest BCUT2D eigenvalue weighted by atomic mass is 9.98. The lowest BCUT2D eigenvalue weighted by molar-refractivity contribution is -0.149. The normalized spacial score (nSPS) is 18.7. The van der Waals surface area contributed by atoms with Crippen LogP contribution in [0.5, 0.6) is 0 Å². The molecule has 5 rings (SSSR count). The fourth-order valence-electron chi connectivity index (χ4n) is 5.07. The van der Waals surface area contributed by atoms with Crippen molar-refractivity contribution in [2.75, 3.05) is 55.7 Å². The number of fused-ring (bicyclic) bond motifs is 1. The smallest absolute Gasteiger partial charge is 0.310 e. The number of hydrogen-bond donors (Lipinski definition) is 0. The molecule has 4 heterocycles. The molecule has 0 bridgehead atoms. The highest BCUT2D eigenvalue weighted by molar-refractivity contribution is 7.20. The van der Waals surface area contributed by atoms with Crippen molar-refractivity contribution in [3.63, 3.8) is 0 Å². The van der Waals surface area contributed by atoms with E-state index in [4.69, 9.17) is 4.74 Å². The third-order valence-corrected chi connectivity index (χ3v) is 8.12. The number of esters is 1. The van der Waals surface area contributed by atoms with E-state index in [1.54, 1.807) is 11.2 Å². The highest BCUT2D eigenvalue weighted by Gasteiger charge is 2.32. The molecule has 0 aliphatic carbocycles. The molecule has 2 aliphatic rings. The zero-order valence-electron chi connectivity index (χ0n) is 20.3. The molecule has 0 unspecified atom stereocenters. The summed E-state index contributed by atoms with van der Waals surface area (Å²) in [7, 11) is 0. The minimum atomic E-state index is -0.251. The van der Waals surface area contributed by atoms with Crippen molar-refractivity contribution in [1.82, 2.24) is 14.9 Å². The number of thiophene rings is 1. The number of piperidine rings is 1. The maximum Gasteiger partial charge on any atom is 0.310 e. The summed E-state index contributed by atoms with van der Waals surface area (Å²) >= 11 is 1.43. The predicted octanol–water partition coefficient (Wildman–Crippen LogP) is 3.74. The van der Waals surface area contributed by atoms with E-state index < -0.39 is 0 Å². The summed E-state index contributed by atoms with van der Waals surface area (Å²) in [4.78, 5) is 42.9. The highest BCUT2D eigenvalue weighted by Crippen LogP contribution is 2.36. The Labute approximate surface area is 209 Å². The number of aromatic nitrogens is 2. The first kappa shape index (κ1) is 23.5. The van der Waals surface area contributed by atoms with Gasteiger partial charge in [-0.25, -0.2) is 9.97 Å². The molecule has 0 N–H and O–H groups in total. The van der Waals surface area contributed by atoms with E-state index in [0.717, 1.165) is 60.6 Å². The van der Waals surface area contributed by atoms with Crippen LogP contribution in [0.2, 0.25) is 0 Å². The van der Waals surface area contributed by atoms with Crippen LogP contribution in [0.15, 0.2) is 36.7 Å². The van der Waals surface area contributed by atoms with Crippen molar-refractivity contribution in [2.24, 2.45) is 5.92 Å². The molecule has 8 nitrogen and oxygen atoms in total. The molecule has 3 aromatic rings. The number of benzene rings is 1. The number of amides is 1. The Morgan fingerprint density at radius 2 is 1.80 bits per heavy atom.